The molecule has 7 heteroatoms. The number of aryl methyl sites for hydroxylation is 3. The molecule has 0 atom stereocenters. The van der Waals surface area contributed by atoms with Gasteiger partial charge in [0.05, 0.1) is 12.2 Å². The van der Waals surface area contributed by atoms with Crippen LogP contribution in [0.15, 0.2) is 48.5 Å². The molecule has 0 fully saturated rings. The van der Waals surface area contributed by atoms with E-state index < -0.39 is 18.5 Å². The van der Waals surface area contributed by atoms with Gasteiger partial charge in [-0.15, -0.1) is 0 Å². The maximum Gasteiger partial charge on any atom is 0.343 e. The minimum Gasteiger partial charge on any atom is -0.452 e. The second kappa shape index (κ2) is 8.71. The molecule has 0 saturated heterocycles. The van der Waals surface area contributed by atoms with E-state index in [1.54, 1.807) is 11.6 Å². The number of nitrogens with one attached hydrogen (secondary N) is 1. The number of rotatable bonds is 6. The van der Waals surface area contributed by atoms with Gasteiger partial charge in [-0.2, -0.15) is 5.10 Å². The molecule has 0 bridgehead atoms. The number of hydrogen-bond donors (Lipinski definition) is 1. The molecule has 0 unspecified atom stereocenters. The Morgan fingerprint density at radius 2 is 1.90 bits per heavy atom. The smallest absolute Gasteiger partial charge is 0.343 e. The summed E-state index contributed by atoms with van der Waals surface area (Å²) in [4.78, 5) is 24.7. The average molecular weight is 424 g/mol. The number of aromatic nitrogens is 2. The van der Waals surface area contributed by atoms with Crippen LogP contribution in [0.1, 0.15) is 39.2 Å². The molecule has 0 saturated carbocycles. The van der Waals surface area contributed by atoms with Crippen molar-refractivity contribution in [2.24, 2.45) is 0 Å². The SMILES string of the molecule is Cc1nn(Cc2ccccc2)c(Cl)c1C(=O)OCC(=O)Nc1ccc2c(c1)CCC2. The summed E-state index contributed by atoms with van der Waals surface area (Å²) in [6, 6.07) is 15.6. The summed E-state index contributed by atoms with van der Waals surface area (Å²) in [5, 5.41) is 7.31. The summed E-state index contributed by atoms with van der Waals surface area (Å²) >= 11 is 6.37. The van der Waals surface area contributed by atoms with Crippen LogP contribution < -0.4 is 5.32 Å². The number of anilines is 1. The molecule has 6 nitrogen and oxygen atoms in total. The van der Waals surface area contributed by atoms with E-state index in [4.69, 9.17) is 16.3 Å². The lowest BCUT2D eigenvalue weighted by molar-refractivity contribution is -0.119. The van der Waals surface area contributed by atoms with Gasteiger partial charge in [0.2, 0.25) is 0 Å². The fourth-order valence-electron chi connectivity index (χ4n) is 3.70. The van der Waals surface area contributed by atoms with Crippen LogP contribution in [-0.4, -0.2) is 28.3 Å². The minimum atomic E-state index is -0.666. The van der Waals surface area contributed by atoms with Crippen LogP contribution in [0.5, 0.6) is 0 Å². The molecule has 1 amide bonds. The van der Waals surface area contributed by atoms with Gasteiger partial charge in [-0.05, 0) is 55.0 Å². The Labute approximate surface area is 179 Å². The van der Waals surface area contributed by atoms with Crippen molar-refractivity contribution in [1.82, 2.24) is 9.78 Å². The molecular weight excluding hydrogens is 402 g/mol. The number of halogens is 1. The van der Waals surface area contributed by atoms with Gasteiger partial charge in [0.15, 0.2) is 6.61 Å². The van der Waals surface area contributed by atoms with E-state index in [0.717, 1.165) is 24.8 Å². The topological polar surface area (TPSA) is 73.2 Å². The van der Waals surface area contributed by atoms with Crippen molar-refractivity contribution in [1.29, 1.82) is 0 Å². The molecule has 30 heavy (non-hydrogen) atoms. The third-order valence-corrected chi connectivity index (χ3v) is 5.55. The van der Waals surface area contributed by atoms with Gasteiger partial charge in [0.25, 0.3) is 5.91 Å². The van der Waals surface area contributed by atoms with Crippen molar-refractivity contribution in [3.8, 4) is 0 Å². The van der Waals surface area contributed by atoms with E-state index in [9.17, 15) is 9.59 Å². The minimum absolute atomic E-state index is 0.179. The molecule has 4 rings (SSSR count). The first-order valence-electron chi connectivity index (χ1n) is 9.87. The molecule has 0 spiro atoms. The monoisotopic (exact) mass is 423 g/mol. The standard InChI is InChI=1S/C23H22ClN3O3/c1-15-21(22(24)27(26-15)13-16-6-3-2-4-7-16)23(29)30-14-20(28)25-19-11-10-17-8-5-9-18(17)12-19/h2-4,6-7,10-12H,5,8-9,13-14H2,1H3,(H,25,28). The first-order chi connectivity index (χ1) is 14.5. The normalized spacial score (nSPS) is 12.5. The molecule has 0 aliphatic heterocycles. The predicted molar refractivity (Wildman–Crippen MR) is 115 cm³/mol. The Morgan fingerprint density at radius 3 is 2.70 bits per heavy atom. The lowest BCUT2D eigenvalue weighted by Gasteiger charge is -2.08. The van der Waals surface area contributed by atoms with Gasteiger partial charge in [-0.25, -0.2) is 9.48 Å². The summed E-state index contributed by atoms with van der Waals surface area (Å²) in [5.74, 6) is -1.06. The fourth-order valence-corrected chi connectivity index (χ4v) is 4.01. The van der Waals surface area contributed by atoms with Gasteiger partial charge in [0.1, 0.15) is 10.7 Å². The highest BCUT2D eigenvalue weighted by molar-refractivity contribution is 6.32. The van der Waals surface area contributed by atoms with Gasteiger partial charge < -0.3 is 10.1 Å². The number of carbonyl (C=O) groups is 2. The predicted octanol–water partition coefficient (Wildman–Crippen LogP) is 4.18. The number of amides is 1. The van der Waals surface area contributed by atoms with Gasteiger partial charge in [-0.1, -0.05) is 48.0 Å². The number of benzene rings is 2. The zero-order valence-corrected chi connectivity index (χ0v) is 17.4. The number of hydrogen-bond acceptors (Lipinski definition) is 4. The molecule has 1 aliphatic carbocycles. The third kappa shape index (κ3) is 4.39. The summed E-state index contributed by atoms with van der Waals surface area (Å²) in [7, 11) is 0. The summed E-state index contributed by atoms with van der Waals surface area (Å²) in [6.45, 7) is 1.73. The number of fused-ring (bicyclic) bond motifs is 1. The molecule has 0 radical (unpaired) electrons. The van der Waals surface area contributed by atoms with E-state index in [2.05, 4.69) is 10.4 Å². The Balaban J connectivity index is 1.37. The van der Waals surface area contributed by atoms with Crippen LogP contribution in [-0.2, 0) is 28.9 Å². The summed E-state index contributed by atoms with van der Waals surface area (Å²) in [5.41, 5.74) is 4.95. The van der Waals surface area contributed by atoms with Crippen LogP contribution in [0.3, 0.4) is 0 Å². The number of carbonyl (C=O) groups excluding carboxylic acids is 2. The van der Waals surface area contributed by atoms with Gasteiger partial charge >= 0.3 is 5.97 Å². The largest absolute Gasteiger partial charge is 0.452 e. The highest BCUT2D eigenvalue weighted by atomic mass is 35.5. The number of esters is 1. The molecule has 3 aromatic rings. The molecule has 1 heterocycles. The molecule has 1 N–H and O–H groups in total. The Hall–Kier alpha value is -3.12. The van der Waals surface area contributed by atoms with Crippen LogP contribution in [0.25, 0.3) is 0 Å². The maximum absolute atomic E-state index is 12.5. The summed E-state index contributed by atoms with van der Waals surface area (Å²) in [6.07, 6.45) is 3.25. The molecule has 2 aromatic carbocycles. The number of ether oxygens (including phenoxy) is 1. The lowest BCUT2D eigenvalue weighted by atomic mass is 10.1. The van der Waals surface area contributed by atoms with E-state index in [-0.39, 0.29) is 10.7 Å². The molecule has 1 aromatic heterocycles. The van der Waals surface area contributed by atoms with Gasteiger partial charge in [-0.3, -0.25) is 4.79 Å². The van der Waals surface area contributed by atoms with Crippen molar-refractivity contribution in [2.75, 3.05) is 11.9 Å². The molecular formula is C23H22ClN3O3. The van der Waals surface area contributed by atoms with E-state index in [1.807, 2.05) is 48.5 Å². The first-order valence-corrected chi connectivity index (χ1v) is 10.2. The zero-order chi connectivity index (χ0) is 21.1. The molecule has 154 valence electrons. The van der Waals surface area contributed by atoms with Crippen molar-refractivity contribution in [2.45, 2.75) is 32.7 Å². The van der Waals surface area contributed by atoms with Crippen molar-refractivity contribution in [3.05, 3.63) is 81.6 Å². The highest BCUT2D eigenvalue weighted by Crippen LogP contribution is 2.25. The van der Waals surface area contributed by atoms with E-state index in [1.165, 1.54) is 11.1 Å². The quantitative estimate of drug-likeness (QED) is 0.604. The fraction of sp³-hybridized carbons (Fsp3) is 0.261. The van der Waals surface area contributed by atoms with Crippen molar-refractivity contribution < 1.29 is 14.3 Å². The van der Waals surface area contributed by atoms with Crippen LogP contribution in [0, 0.1) is 6.92 Å². The number of nitrogens with zero attached hydrogens (tertiary/aromatic N) is 2. The Morgan fingerprint density at radius 1 is 1.13 bits per heavy atom. The van der Waals surface area contributed by atoms with Crippen LogP contribution in [0.2, 0.25) is 5.15 Å². The third-order valence-electron chi connectivity index (χ3n) is 5.16. The van der Waals surface area contributed by atoms with Crippen LogP contribution in [0.4, 0.5) is 5.69 Å². The second-order valence-electron chi connectivity index (χ2n) is 7.36. The molecule has 1 aliphatic rings. The Bertz CT molecular complexity index is 1090. The first kappa shape index (κ1) is 20.2. The van der Waals surface area contributed by atoms with Gasteiger partial charge in [0, 0.05) is 5.69 Å². The maximum atomic E-state index is 12.5. The lowest BCUT2D eigenvalue weighted by Crippen LogP contribution is -2.21. The van der Waals surface area contributed by atoms with E-state index >= 15 is 0 Å². The van der Waals surface area contributed by atoms with Crippen LogP contribution >= 0.6 is 11.6 Å². The zero-order valence-electron chi connectivity index (χ0n) is 16.7. The van der Waals surface area contributed by atoms with Crippen molar-refractivity contribution in [3.63, 3.8) is 0 Å². The second-order valence-corrected chi connectivity index (χ2v) is 7.71. The van der Waals surface area contributed by atoms with E-state index in [0.29, 0.717) is 17.9 Å². The van der Waals surface area contributed by atoms with Crippen molar-refractivity contribution >= 4 is 29.2 Å². The highest BCUT2D eigenvalue weighted by Gasteiger charge is 2.22. The summed E-state index contributed by atoms with van der Waals surface area (Å²) < 4.78 is 6.74. The average Bonchev–Trinajstić information content (AvgIpc) is 3.30. The Kier molecular flexibility index (Phi) is 5.86.